The van der Waals surface area contributed by atoms with Gasteiger partial charge in [-0.1, -0.05) is 0 Å². The highest BCUT2D eigenvalue weighted by atomic mass is 32.2. The van der Waals surface area contributed by atoms with Crippen LogP contribution in [0.15, 0.2) is 29.3 Å². The summed E-state index contributed by atoms with van der Waals surface area (Å²) < 4.78 is 61.7. The summed E-state index contributed by atoms with van der Waals surface area (Å²) in [6, 6.07) is 2.64. The minimum absolute atomic E-state index is 0.0329. The van der Waals surface area contributed by atoms with Gasteiger partial charge in [-0.15, -0.1) is 0 Å². The molecule has 2 aliphatic heterocycles. The molecule has 1 saturated heterocycles. The molecule has 8 nitrogen and oxygen atoms in total. The lowest BCUT2D eigenvalue weighted by molar-refractivity contribution is 0.101. The van der Waals surface area contributed by atoms with Crippen molar-refractivity contribution in [1.82, 2.24) is 14.6 Å². The van der Waals surface area contributed by atoms with Crippen LogP contribution in [0.4, 0.5) is 14.5 Å². The minimum atomic E-state index is -3.90. The first-order chi connectivity index (χ1) is 13.3. The molecule has 11 heteroatoms. The lowest BCUT2D eigenvalue weighted by atomic mass is 10.1. The van der Waals surface area contributed by atoms with Crippen LogP contribution >= 0.6 is 0 Å². The van der Waals surface area contributed by atoms with Gasteiger partial charge in [-0.2, -0.15) is 0 Å². The number of anilines is 1. The predicted molar refractivity (Wildman–Crippen MR) is 95.7 cm³/mol. The van der Waals surface area contributed by atoms with Crippen LogP contribution in [0.3, 0.4) is 0 Å². The number of aryl methyl sites for hydroxylation is 1. The van der Waals surface area contributed by atoms with Crippen molar-refractivity contribution in [3.8, 4) is 5.75 Å². The van der Waals surface area contributed by atoms with Crippen LogP contribution in [0, 0.1) is 17.6 Å². The van der Waals surface area contributed by atoms with Gasteiger partial charge in [0.1, 0.15) is 4.90 Å². The van der Waals surface area contributed by atoms with E-state index in [-0.39, 0.29) is 40.6 Å². The third kappa shape index (κ3) is 3.25. The number of carbonyl (C=O) groups is 1. The van der Waals surface area contributed by atoms with E-state index in [0.29, 0.717) is 13.1 Å². The van der Waals surface area contributed by atoms with Gasteiger partial charge in [-0.05, 0) is 12.1 Å². The maximum Gasteiger partial charge on any atom is 0.276 e. The van der Waals surface area contributed by atoms with Crippen LogP contribution < -0.4 is 20.1 Å². The summed E-state index contributed by atoms with van der Waals surface area (Å²) >= 11 is 0. The lowest BCUT2D eigenvalue weighted by Crippen LogP contribution is -2.43. The highest BCUT2D eigenvalue weighted by Gasteiger charge is 2.38. The summed E-state index contributed by atoms with van der Waals surface area (Å²) in [6.45, 7) is 1.31. The van der Waals surface area contributed by atoms with Gasteiger partial charge in [-0.25, -0.2) is 21.9 Å². The first kappa shape index (κ1) is 18.8. The van der Waals surface area contributed by atoms with Gasteiger partial charge in [0.05, 0.1) is 6.61 Å². The Bertz CT molecular complexity index is 1050. The van der Waals surface area contributed by atoms with Crippen molar-refractivity contribution in [3.63, 3.8) is 0 Å². The van der Waals surface area contributed by atoms with E-state index < -0.39 is 27.6 Å². The van der Waals surface area contributed by atoms with Gasteiger partial charge in [0.25, 0.3) is 5.91 Å². The minimum Gasteiger partial charge on any atom is -0.489 e. The number of hydrogen-bond acceptors (Lipinski definition) is 5. The quantitative estimate of drug-likeness (QED) is 0.678. The number of fused-ring (bicyclic) bond motifs is 2. The summed E-state index contributed by atoms with van der Waals surface area (Å²) in [6.07, 6.45) is 1.29. The molecule has 3 N–H and O–H groups in total. The summed E-state index contributed by atoms with van der Waals surface area (Å²) in [5.74, 6) is -3.00. The van der Waals surface area contributed by atoms with E-state index in [2.05, 4.69) is 15.4 Å². The maximum absolute atomic E-state index is 13.4. The average Bonchev–Trinajstić information content (AvgIpc) is 3.18. The van der Waals surface area contributed by atoms with Crippen molar-refractivity contribution in [1.29, 1.82) is 0 Å². The summed E-state index contributed by atoms with van der Waals surface area (Å²) in [5, 5.41) is 5.55. The molecule has 0 saturated carbocycles. The molecule has 1 amide bonds. The predicted octanol–water partition coefficient (Wildman–Crippen LogP) is 0.814. The number of aromatic nitrogens is 1. The van der Waals surface area contributed by atoms with Crippen molar-refractivity contribution in [3.05, 3.63) is 41.7 Å². The molecule has 2 aliphatic rings. The molecule has 1 aromatic heterocycles. The van der Waals surface area contributed by atoms with Gasteiger partial charge >= 0.3 is 0 Å². The largest absolute Gasteiger partial charge is 0.489 e. The number of benzene rings is 1. The zero-order chi connectivity index (χ0) is 20.1. The smallest absolute Gasteiger partial charge is 0.276 e. The molecule has 1 aromatic carbocycles. The fourth-order valence-electron chi connectivity index (χ4n) is 3.43. The van der Waals surface area contributed by atoms with Crippen molar-refractivity contribution >= 4 is 21.6 Å². The molecule has 28 heavy (non-hydrogen) atoms. The Morgan fingerprint density at radius 2 is 2.07 bits per heavy atom. The third-order valence-electron chi connectivity index (χ3n) is 4.87. The second-order valence-electron chi connectivity index (χ2n) is 6.82. The molecule has 0 unspecified atom stereocenters. The Morgan fingerprint density at radius 1 is 1.29 bits per heavy atom. The highest BCUT2D eigenvalue weighted by Crippen LogP contribution is 2.33. The molecule has 4 rings (SSSR count). The zero-order valence-electron chi connectivity index (χ0n) is 14.8. The Morgan fingerprint density at radius 3 is 2.82 bits per heavy atom. The van der Waals surface area contributed by atoms with E-state index in [4.69, 9.17) is 4.74 Å². The van der Waals surface area contributed by atoms with Crippen molar-refractivity contribution < 1.29 is 26.7 Å². The molecule has 1 fully saturated rings. The number of amides is 1. The average molecular weight is 412 g/mol. The van der Waals surface area contributed by atoms with Crippen LogP contribution in [-0.4, -0.2) is 44.6 Å². The lowest BCUT2D eigenvalue weighted by Gasteiger charge is -2.24. The van der Waals surface area contributed by atoms with Crippen molar-refractivity contribution in [2.24, 2.45) is 13.0 Å². The van der Waals surface area contributed by atoms with E-state index in [1.165, 1.54) is 23.9 Å². The monoisotopic (exact) mass is 412 g/mol. The second kappa shape index (κ2) is 6.83. The zero-order valence-corrected chi connectivity index (χ0v) is 15.6. The number of nitrogens with one attached hydrogen (secondary N) is 3. The Balaban J connectivity index is 1.70. The highest BCUT2D eigenvalue weighted by molar-refractivity contribution is 7.89. The van der Waals surface area contributed by atoms with E-state index >= 15 is 0 Å². The standard InChI is InChI=1S/C17H18F2N4O4S/c1-23-7-14-16(27-8-9-5-20-6-13(9)22-28(14,25)26)15(23)17(24)21-10-2-3-11(18)12(19)4-10/h2-4,7,9,13,20,22H,5-6,8H2,1H3,(H,21,24)/t9-,13-/m0/s1. The van der Waals surface area contributed by atoms with E-state index in [1.807, 2.05) is 0 Å². The van der Waals surface area contributed by atoms with Crippen LogP contribution in [-0.2, 0) is 17.1 Å². The summed E-state index contributed by atoms with van der Waals surface area (Å²) in [4.78, 5) is 12.6. The molecule has 3 heterocycles. The normalized spacial score (nSPS) is 23.1. The molecule has 0 radical (unpaired) electrons. The number of hydrogen-bond donors (Lipinski definition) is 3. The molecule has 0 aliphatic carbocycles. The molecule has 0 bridgehead atoms. The Kier molecular flexibility index (Phi) is 4.60. The van der Waals surface area contributed by atoms with Crippen LogP contribution in [0.2, 0.25) is 0 Å². The number of halogens is 2. The molecular weight excluding hydrogens is 394 g/mol. The molecular formula is C17H18F2N4O4S. The SMILES string of the molecule is Cn1cc2c(c1C(=O)Nc1ccc(F)c(F)c1)OC[C@@H]1CNC[C@@H]1NS2(=O)=O. The molecule has 150 valence electrons. The van der Waals surface area contributed by atoms with Gasteiger partial charge in [0.15, 0.2) is 23.1 Å². The van der Waals surface area contributed by atoms with Crippen molar-refractivity contribution in [2.45, 2.75) is 10.9 Å². The maximum atomic E-state index is 13.4. The summed E-state index contributed by atoms with van der Waals surface area (Å²) in [7, 11) is -2.40. The first-order valence-electron chi connectivity index (χ1n) is 8.58. The van der Waals surface area contributed by atoms with Crippen LogP contribution in [0.1, 0.15) is 10.5 Å². The fourth-order valence-corrected chi connectivity index (χ4v) is 4.93. The second-order valence-corrected chi connectivity index (χ2v) is 8.50. The Labute approximate surface area is 159 Å². The number of ether oxygens (including phenoxy) is 1. The molecule has 2 aromatic rings. The van der Waals surface area contributed by atoms with E-state index in [1.54, 1.807) is 0 Å². The van der Waals surface area contributed by atoms with Crippen LogP contribution in [0.5, 0.6) is 5.75 Å². The fraction of sp³-hybridized carbons (Fsp3) is 0.353. The van der Waals surface area contributed by atoms with Crippen LogP contribution in [0.25, 0.3) is 0 Å². The molecule has 0 spiro atoms. The topological polar surface area (TPSA) is 101 Å². The van der Waals surface area contributed by atoms with E-state index in [9.17, 15) is 22.0 Å². The third-order valence-corrected chi connectivity index (χ3v) is 6.36. The number of nitrogens with zero attached hydrogens (tertiary/aromatic N) is 1. The van der Waals surface area contributed by atoms with E-state index in [0.717, 1.165) is 12.1 Å². The van der Waals surface area contributed by atoms with Gasteiger partial charge in [0, 0.05) is 50.0 Å². The number of carbonyl (C=O) groups excluding carboxylic acids is 1. The number of sulfonamides is 1. The van der Waals surface area contributed by atoms with Gasteiger partial charge in [0.2, 0.25) is 10.0 Å². The number of rotatable bonds is 2. The Hall–Kier alpha value is -2.50. The summed E-state index contributed by atoms with van der Waals surface area (Å²) in [5.41, 5.74) is 0.000229. The first-order valence-corrected chi connectivity index (χ1v) is 10.1. The van der Waals surface area contributed by atoms with Gasteiger partial charge < -0.3 is 19.9 Å². The molecule has 2 atom stereocenters. The van der Waals surface area contributed by atoms with Gasteiger partial charge in [-0.3, -0.25) is 4.79 Å². The van der Waals surface area contributed by atoms with Crippen molar-refractivity contribution in [2.75, 3.05) is 25.0 Å².